The van der Waals surface area contributed by atoms with Crippen molar-refractivity contribution in [2.24, 2.45) is 0 Å². The number of esters is 1. The quantitative estimate of drug-likeness (QED) is 0.831. The Kier molecular flexibility index (Phi) is 4.93. The molecule has 6 heteroatoms. The SMILES string of the molecule is CCOC(=O)c1cc(-c2ccc(OC)c(OC)c2OC)c[nH]1. The molecular weight excluding hydrogens is 286 g/mol. The van der Waals surface area contributed by atoms with E-state index < -0.39 is 5.97 Å². The summed E-state index contributed by atoms with van der Waals surface area (Å²) in [5.74, 6) is 1.22. The van der Waals surface area contributed by atoms with E-state index in [-0.39, 0.29) is 0 Å². The minimum Gasteiger partial charge on any atom is -0.493 e. The average Bonchev–Trinajstić information content (AvgIpc) is 3.03. The van der Waals surface area contributed by atoms with Crippen LogP contribution in [0, 0.1) is 0 Å². The maximum atomic E-state index is 11.7. The Bertz CT molecular complexity index is 663. The summed E-state index contributed by atoms with van der Waals surface area (Å²) in [6, 6.07) is 5.34. The van der Waals surface area contributed by atoms with Gasteiger partial charge in [0.2, 0.25) is 5.75 Å². The van der Waals surface area contributed by atoms with Gasteiger partial charge in [0.25, 0.3) is 0 Å². The molecule has 0 aliphatic heterocycles. The number of rotatable bonds is 6. The maximum Gasteiger partial charge on any atom is 0.354 e. The topological polar surface area (TPSA) is 69.8 Å². The Morgan fingerprint density at radius 2 is 1.82 bits per heavy atom. The van der Waals surface area contributed by atoms with Crippen molar-refractivity contribution < 1.29 is 23.7 Å². The molecule has 0 aliphatic rings. The number of hydrogen-bond acceptors (Lipinski definition) is 5. The zero-order valence-corrected chi connectivity index (χ0v) is 13.1. The first kappa shape index (κ1) is 15.8. The third kappa shape index (κ3) is 2.86. The van der Waals surface area contributed by atoms with Crippen LogP contribution in [-0.2, 0) is 4.74 Å². The van der Waals surface area contributed by atoms with Crippen LogP contribution in [0.2, 0.25) is 0 Å². The van der Waals surface area contributed by atoms with Gasteiger partial charge in [-0.15, -0.1) is 0 Å². The fourth-order valence-electron chi connectivity index (χ4n) is 2.21. The predicted octanol–water partition coefficient (Wildman–Crippen LogP) is 2.88. The number of hydrogen-bond donors (Lipinski definition) is 1. The van der Waals surface area contributed by atoms with E-state index in [1.165, 1.54) is 0 Å². The van der Waals surface area contributed by atoms with Crippen molar-refractivity contribution in [3.05, 3.63) is 30.1 Å². The molecule has 0 aliphatic carbocycles. The second kappa shape index (κ2) is 6.89. The summed E-state index contributed by atoms with van der Waals surface area (Å²) in [6.07, 6.45) is 1.72. The lowest BCUT2D eigenvalue weighted by Gasteiger charge is -2.15. The third-order valence-electron chi connectivity index (χ3n) is 3.19. The smallest absolute Gasteiger partial charge is 0.354 e. The van der Waals surface area contributed by atoms with Crippen LogP contribution in [0.4, 0.5) is 0 Å². The van der Waals surface area contributed by atoms with Crippen molar-refractivity contribution in [1.29, 1.82) is 0 Å². The first-order chi connectivity index (χ1) is 10.7. The van der Waals surface area contributed by atoms with Crippen molar-refractivity contribution >= 4 is 5.97 Å². The lowest BCUT2D eigenvalue weighted by atomic mass is 10.1. The third-order valence-corrected chi connectivity index (χ3v) is 3.19. The van der Waals surface area contributed by atoms with Gasteiger partial charge in [-0.25, -0.2) is 4.79 Å². The van der Waals surface area contributed by atoms with Crippen molar-refractivity contribution in [2.75, 3.05) is 27.9 Å². The van der Waals surface area contributed by atoms with Gasteiger partial charge in [-0.2, -0.15) is 0 Å². The van der Waals surface area contributed by atoms with Crippen LogP contribution in [0.5, 0.6) is 17.2 Å². The number of carbonyl (C=O) groups is 1. The van der Waals surface area contributed by atoms with Crippen molar-refractivity contribution in [3.63, 3.8) is 0 Å². The van der Waals surface area contributed by atoms with E-state index in [9.17, 15) is 4.79 Å². The number of methoxy groups -OCH3 is 3. The maximum absolute atomic E-state index is 11.7. The average molecular weight is 305 g/mol. The van der Waals surface area contributed by atoms with Crippen LogP contribution in [0.15, 0.2) is 24.4 Å². The minimum atomic E-state index is -0.395. The Balaban J connectivity index is 2.47. The molecule has 1 N–H and O–H groups in total. The fraction of sp³-hybridized carbons (Fsp3) is 0.312. The van der Waals surface area contributed by atoms with Crippen LogP contribution in [0.3, 0.4) is 0 Å². The first-order valence-corrected chi connectivity index (χ1v) is 6.81. The minimum absolute atomic E-state index is 0.326. The molecular formula is C16H19NO5. The van der Waals surface area contributed by atoms with Gasteiger partial charge in [0.05, 0.1) is 27.9 Å². The molecule has 22 heavy (non-hydrogen) atoms. The van der Waals surface area contributed by atoms with Crippen molar-refractivity contribution in [2.45, 2.75) is 6.92 Å². The van der Waals surface area contributed by atoms with Gasteiger partial charge in [0.15, 0.2) is 11.5 Å². The molecule has 0 bridgehead atoms. The van der Waals surface area contributed by atoms with Crippen LogP contribution in [0.25, 0.3) is 11.1 Å². The highest BCUT2D eigenvalue weighted by molar-refractivity contribution is 5.90. The largest absolute Gasteiger partial charge is 0.493 e. The number of aromatic nitrogens is 1. The molecule has 0 fully saturated rings. The monoisotopic (exact) mass is 305 g/mol. The number of H-pyrrole nitrogens is 1. The second-order valence-electron chi connectivity index (χ2n) is 4.40. The predicted molar refractivity (Wildman–Crippen MR) is 81.8 cm³/mol. The molecule has 0 unspecified atom stereocenters. The zero-order valence-electron chi connectivity index (χ0n) is 13.1. The second-order valence-corrected chi connectivity index (χ2v) is 4.40. The molecule has 2 aromatic rings. The summed E-state index contributed by atoms with van der Waals surface area (Å²) in [7, 11) is 4.66. The van der Waals surface area contributed by atoms with E-state index in [0.717, 1.165) is 11.1 Å². The van der Waals surface area contributed by atoms with Gasteiger partial charge in [-0.1, -0.05) is 0 Å². The highest BCUT2D eigenvalue weighted by atomic mass is 16.5. The summed E-state index contributed by atoms with van der Waals surface area (Å²) in [5, 5.41) is 0. The van der Waals surface area contributed by atoms with Gasteiger partial charge in [0.1, 0.15) is 5.69 Å². The van der Waals surface area contributed by atoms with Crippen LogP contribution < -0.4 is 14.2 Å². The molecule has 0 amide bonds. The molecule has 0 atom stereocenters. The number of nitrogens with one attached hydrogen (secondary N) is 1. The van der Waals surface area contributed by atoms with E-state index >= 15 is 0 Å². The van der Waals surface area contributed by atoms with Gasteiger partial charge in [-0.3, -0.25) is 0 Å². The Morgan fingerprint density at radius 1 is 1.09 bits per heavy atom. The fourth-order valence-corrected chi connectivity index (χ4v) is 2.21. The molecule has 2 rings (SSSR count). The van der Waals surface area contributed by atoms with Crippen LogP contribution >= 0.6 is 0 Å². The first-order valence-electron chi connectivity index (χ1n) is 6.81. The molecule has 0 radical (unpaired) electrons. The van der Waals surface area contributed by atoms with E-state index in [1.54, 1.807) is 46.6 Å². The summed E-state index contributed by atoms with van der Waals surface area (Å²) >= 11 is 0. The highest BCUT2D eigenvalue weighted by Gasteiger charge is 2.19. The number of carbonyl (C=O) groups excluding carboxylic acids is 1. The molecule has 1 heterocycles. The van der Waals surface area contributed by atoms with Gasteiger partial charge in [-0.05, 0) is 25.1 Å². The Hall–Kier alpha value is -2.63. The molecule has 1 aromatic carbocycles. The standard InChI is InChI=1S/C16H19NO5/c1-5-22-16(18)12-8-10(9-17-12)11-6-7-13(19-2)15(21-4)14(11)20-3/h6-9,17H,5H2,1-4H3. The molecule has 0 saturated carbocycles. The van der Waals surface area contributed by atoms with Crippen LogP contribution in [-0.4, -0.2) is 38.9 Å². The summed E-state index contributed by atoms with van der Waals surface area (Å²) in [5.41, 5.74) is 1.96. The Labute approximate surface area is 129 Å². The number of aromatic amines is 1. The normalized spacial score (nSPS) is 10.2. The highest BCUT2D eigenvalue weighted by Crippen LogP contribution is 2.44. The molecule has 1 aromatic heterocycles. The van der Waals surface area contributed by atoms with Crippen molar-refractivity contribution in [1.82, 2.24) is 4.98 Å². The van der Waals surface area contributed by atoms with Gasteiger partial charge in [0, 0.05) is 17.3 Å². The van der Waals surface area contributed by atoms with Gasteiger partial charge < -0.3 is 23.9 Å². The van der Waals surface area contributed by atoms with Crippen LogP contribution in [0.1, 0.15) is 17.4 Å². The molecule has 0 saturated heterocycles. The summed E-state index contributed by atoms with van der Waals surface area (Å²) in [4.78, 5) is 14.6. The molecule has 6 nitrogen and oxygen atoms in total. The summed E-state index contributed by atoms with van der Waals surface area (Å²) in [6.45, 7) is 2.09. The molecule has 118 valence electrons. The van der Waals surface area contributed by atoms with E-state index in [0.29, 0.717) is 29.5 Å². The summed E-state index contributed by atoms with van der Waals surface area (Å²) < 4.78 is 21.0. The lowest BCUT2D eigenvalue weighted by molar-refractivity contribution is 0.0520. The van der Waals surface area contributed by atoms with E-state index in [2.05, 4.69) is 4.98 Å². The Morgan fingerprint density at radius 3 is 2.41 bits per heavy atom. The number of benzene rings is 1. The van der Waals surface area contributed by atoms with E-state index in [4.69, 9.17) is 18.9 Å². The zero-order chi connectivity index (χ0) is 16.1. The van der Waals surface area contributed by atoms with E-state index in [1.807, 2.05) is 6.07 Å². The number of ether oxygens (including phenoxy) is 4. The van der Waals surface area contributed by atoms with Gasteiger partial charge >= 0.3 is 5.97 Å². The van der Waals surface area contributed by atoms with Crippen molar-refractivity contribution in [3.8, 4) is 28.4 Å². The molecule has 0 spiro atoms. The lowest BCUT2D eigenvalue weighted by Crippen LogP contribution is -2.04.